The minimum Gasteiger partial charge on any atom is -0.481 e. The number of carboxylic acid groups (broad SMARTS) is 1. The average Bonchev–Trinajstić information content (AvgIpc) is 3.52. The van der Waals surface area contributed by atoms with Gasteiger partial charge in [-0.15, -0.1) is 21.5 Å². The van der Waals surface area contributed by atoms with Gasteiger partial charge in [0.15, 0.2) is 5.82 Å². The third kappa shape index (κ3) is 3.91. The summed E-state index contributed by atoms with van der Waals surface area (Å²) in [5, 5.41) is 27.5. The van der Waals surface area contributed by atoms with Gasteiger partial charge in [0.1, 0.15) is 22.7 Å². The van der Waals surface area contributed by atoms with Crippen LogP contribution in [0.5, 0.6) is 0 Å². The molecule has 1 aromatic carbocycles. The zero-order chi connectivity index (χ0) is 25.6. The summed E-state index contributed by atoms with van der Waals surface area (Å²) < 4.78 is 3.89. The SMILES string of the molecule is CC[C@H](C(=O)O)C1N=C(c2ccc(Nc3ccnn3CC)cc2)c2c(sc(C)c2C)-n2c(C)nnc21. The summed E-state index contributed by atoms with van der Waals surface area (Å²) in [6.07, 6.45) is 2.21. The molecule has 0 spiro atoms. The lowest BCUT2D eigenvalue weighted by Crippen LogP contribution is -2.23. The van der Waals surface area contributed by atoms with E-state index in [1.165, 1.54) is 4.88 Å². The molecule has 5 rings (SSSR count). The number of aromatic nitrogens is 5. The third-order valence-electron chi connectivity index (χ3n) is 6.77. The molecule has 2 N–H and O–H groups in total. The monoisotopic (exact) mass is 503 g/mol. The molecule has 0 radical (unpaired) electrons. The third-order valence-corrected chi connectivity index (χ3v) is 7.97. The van der Waals surface area contributed by atoms with Crippen molar-refractivity contribution in [3.8, 4) is 5.00 Å². The lowest BCUT2D eigenvalue weighted by atomic mass is 9.95. The summed E-state index contributed by atoms with van der Waals surface area (Å²) in [5.74, 6) is 0.618. The highest BCUT2D eigenvalue weighted by molar-refractivity contribution is 7.15. The van der Waals surface area contributed by atoms with E-state index in [9.17, 15) is 9.90 Å². The first-order valence-corrected chi connectivity index (χ1v) is 12.9. The smallest absolute Gasteiger partial charge is 0.309 e. The maximum atomic E-state index is 12.2. The van der Waals surface area contributed by atoms with E-state index in [-0.39, 0.29) is 0 Å². The van der Waals surface area contributed by atoms with Crippen molar-refractivity contribution in [1.82, 2.24) is 24.5 Å². The first kappa shape index (κ1) is 23.9. The molecule has 0 bridgehead atoms. The van der Waals surface area contributed by atoms with Crippen LogP contribution in [0.4, 0.5) is 11.5 Å². The summed E-state index contributed by atoms with van der Waals surface area (Å²) in [5.41, 5.74) is 4.78. The highest BCUT2D eigenvalue weighted by Crippen LogP contribution is 2.41. The van der Waals surface area contributed by atoms with Crippen LogP contribution in [0.1, 0.15) is 59.5 Å². The predicted molar refractivity (Wildman–Crippen MR) is 141 cm³/mol. The second-order valence-electron chi connectivity index (χ2n) is 8.91. The lowest BCUT2D eigenvalue weighted by Gasteiger charge is -2.19. The van der Waals surface area contributed by atoms with Crippen LogP contribution in [0.2, 0.25) is 0 Å². The van der Waals surface area contributed by atoms with Gasteiger partial charge < -0.3 is 10.4 Å². The van der Waals surface area contributed by atoms with E-state index in [0.717, 1.165) is 51.3 Å². The first-order chi connectivity index (χ1) is 17.3. The van der Waals surface area contributed by atoms with Crippen LogP contribution in [0, 0.1) is 26.7 Å². The molecule has 1 aliphatic heterocycles. The Hall–Kier alpha value is -3.79. The maximum Gasteiger partial charge on any atom is 0.309 e. The molecule has 1 aliphatic rings. The molecular weight excluding hydrogens is 474 g/mol. The molecule has 0 saturated heterocycles. The highest BCUT2D eigenvalue weighted by atomic mass is 32.1. The Balaban J connectivity index is 1.65. The Morgan fingerprint density at radius 3 is 2.56 bits per heavy atom. The van der Waals surface area contributed by atoms with Crippen molar-refractivity contribution in [2.24, 2.45) is 10.9 Å². The summed E-state index contributed by atoms with van der Waals surface area (Å²) in [6.45, 7) is 10.8. The number of aryl methyl sites for hydroxylation is 3. The number of rotatable bonds is 7. The molecule has 9 nitrogen and oxygen atoms in total. The van der Waals surface area contributed by atoms with Gasteiger partial charge in [-0.25, -0.2) is 4.68 Å². The predicted octanol–water partition coefficient (Wildman–Crippen LogP) is 5.22. The zero-order valence-electron chi connectivity index (χ0n) is 21.0. The largest absolute Gasteiger partial charge is 0.481 e. The number of carboxylic acids is 1. The fourth-order valence-electron chi connectivity index (χ4n) is 4.70. The second kappa shape index (κ2) is 9.34. The van der Waals surface area contributed by atoms with Gasteiger partial charge in [-0.05, 0) is 51.8 Å². The Bertz CT molecular complexity index is 1460. The van der Waals surface area contributed by atoms with Gasteiger partial charge in [-0.2, -0.15) is 5.10 Å². The average molecular weight is 504 g/mol. The summed E-state index contributed by atoms with van der Waals surface area (Å²) in [6, 6.07) is 9.37. The molecule has 10 heteroatoms. The topological polar surface area (TPSA) is 110 Å². The number of aliphatic imine (C=N–C) groups is 1. The Morgan fingerprint density at radius 2 is 1.89 bits per heavy atom. The molecule has 0 amide bonds. The molecule has 4 aromatic rings. The van der Waals surface area contributed by atoms with Crippen LogP contribution in [-0.2, 0) is 11.3 Å². The molecule has 3 aromatic heterocycles. The van der Waals surface area contributed by atoms with Crippen molar-refractivity contribution >= 4 is 34.5 Å². The van der Waals surface area contributed by atoms with Crippen molar-refractivity contribution in [3.05, 3.63) is 69.7 Å². The number of anilines is 2. The highest BCUT2D eigenvalue weighted by Gasteiger charge is 2.37. The van der Waals surface area contributed by atoms with E-state index in [1.807, 2.05) is 60.4 Å². The number of hydrogen-bond acceptors (Lipinski definition) is 7. The normalized spacial score (nSPS) is 15.6. The van der Waals surface area contributed by atoms with Gasteiger partial charge in [0.25, 0.3) is 0 Å². The first-order valence-electron chi connectivity index (χ1n) is 12.1. The van der Waals surface area contributed by atoms with E-state index in [2.05, 4.69) is 34.5 Å². The van der Waals surface area contributed by atoms with Crippen molar-refractivity contribution in [2.75, 3.05) is 5.32 Å². The van der Waals surface area contributed by atoms with E-state index >= 15 is 0 Å². The van der Waals surface area contributed by atoms with Gasteiger partial charge >= 0.3 is 5.97 Å². The van der Waals surface area contributed by atoms with Gasteiger partial charge in [0, 0.05) is 34.3 Å². The van der Waals surface area contributed by atoms with Crippen molar-refractivity contribution in [3.63, 3.8) is 0 Å². The molecule has 0 aliphatic carbocycles. The van der Waals surface area contributed by atoms with E-state index in [1.54, 1.807) is 17.5 Å². The van der Waals surface area contributed by atoms with Crippen LogP contribution in [0.25, 0.3) is 5.00 Å². The second-order valence-corrected chi connectivity index (χ2v) is 10.1. The molecule has 0 saturated carbocycles. The van der Waals surface area contributed by atoms with Crippen LogP contribution >= 0.6 is 11.3 Å². The number of carbonyl (C=O) groups is 1. The molecule has 4 heterocycles. The van der Waals surface area contributed by atoms with Crippen LogP contribution < -0.4 is 5.32 Å². The number of thiophene rings is 1. The van der Waals surface area contributed by atoms with Gasteiger partial charge in [0.2, 0.25) is 0 Å². The van der Waals surface area contributed by atoms with E-state index in [4.69, 9.17) is 4.99 Å². The van der Waals surface area contributed by atoms with Crippen LogP contribution in [0.15, 0.2) is 41.5 Å². The van der Waals surface area contributed by atoms with Gasteiger partial charge in [-0.1, -0.05) is 19.1 Å². The number of nitrogens with zero attached hydrogens (tertiary/aromatic N) is 6. The van der Waals surface area contributed by atoms with Crippen molar-refractivity contribution < 1.29 is 9.90 Å². The number of aliphatic carboxylic acids is 1. The summed E-state index contributed by atoms with van der Waals surface area (Å²) >= 11 is 1.66. The molecule has 1 unspecified atom stereocenters. The fraction of sp³-hybridized carbons (Fsp3) is 0.346. The van der Waals surface area contributed by atoms with E-state index < -0.39 is 17.9 Å². The quantitative estimate of drug-likeness (QED) is 0.358. The summed E-state index contributed by atoms with van der Waals surface area (Å²) in [7, 11) is 0. The Kier molecular flexibility index (Phi) is 6.21. The van der Waals surface area contributed by atoms with E-state index in [0.29, 0.717) is 12.2 Å². The molecule has 186 valence electrons. The fourth-order valence-corrected chi connectivity index (χ4v) is 5.91. The molecule has 36 heavy (non-hydrogen) atoms. The molecule has 0 fully saturated rings. The minimum absolute atomic E-state index is 0.433. The standard InChI is InChI=1S/C26H29N7O2S/c1-6-19(26(34)35)23-24-31-30-16(5)33(24)25-21(14(3)15(4)36-25)22(29-23)17-8-10-18(11-9-17)28-20-12-13-27-32(20)7-2/h8-13,19,23,28H,6-7H2,1-5H3,(H,34,35)/t19-,23?/m0/s1. The molecular formula is C26H29N7O2S. The zero-order valence-corrected chi connectivity index (χ0v) is 21.8. The number of fused-ring (bicyclic) bond motifs is 3. The molecule has 2 atom stereocenters. The minimum atomic E-state index is -0.886. The number of hydrogen-bond donors (Lipinski definition) is 2. The lowest BCUT2D eigenvalue weighted by molar-refractivity contribution is -0.142. The Morgan fingerprint density at radius 1 is 1.14 bits per heavy atom. The Labute approximate surface area is 213 Å². The van der Waals surface area contributed by atoms with Crippen molar-refractivity contribution in [2.45, 2.75) is 53.6 Å². The number of nitrogens with one attached hydrogen (secondary N) is 1. The van der Waals surface area contributed by atoms with Crippen LogP contribution in [0.3, 0.4) is 0 Å². The summed E-state index contributed by atoms with van der Waals surface area (Å²) in [4.78, 5) is 18.6. The van der Waals surface area contributed by atoms with Gasteiger partial charge in [0.05, 0.1) is 17.8 Å². The van der Waals surface area contributed by atoms with Gasteiger partial charge in [-0.3, -0.25) is 14.4 Å². The van der Waals surface area contributed by atoms with Crippen LogP contribution in [-0.4, -0.2) is 41.3 Å². The maximum absolute atomic E-state index is 12.2. The number of benzene rings is 1. The van der Waals surface area contributed by atoms with Crippen molar-refractivity contribution in [1.29, 1.82) is 0 Å².